The fourth-order valence-electron chi connectivity index (χ4n) is 3.73. The lowest BCUT2D eigenvalue weighted by atomic mass is 9.63. The summed E-state index contributed by atoms with van der Waals surface area (Å²) in [6.07, 6.45) is 4.04. The largest absolute Gasteiger partial charge is 0.497 e. The minimum Gasteiger partial charge on any atom is -0.497 e. The summed E-state index contributed by atoms with van der Waals surface area (Å²) in [6.45, 7) is 4.46. The molecule has 1 amide bonds. The van der Waals surface area contributed by atoms with Gasteiger partial charge in [0, 0.05) is 13.1 Å². The first-order valence-corrected chi connectivity index (χ1v) is 8.17. The molecule has 0 bridgehead atoms. The van der Waals surface area contributed by atoms with Crippen molar-refractivity contribution in [2.24, 2.45) is 11.1 Å². The van der Waals surface area contributed by atoms with E-state index in [1.807, 2.05) is 29.2 Å². The normalized spacial score (nSPS) is 26.6. The van der Waals surface area contributed by atoms with Crippen LogP contribution in [0.25, 0.3) is 0 Å². The van der Waals surface area contributed by atoms with Crippen molar-refractivity contribution >= 4 is 5.91 Å². The van der Waals surface area contributed by atoms with E-state index < -0.39 is 0 Å². The molecule has 22 heavy (non-hydrogen) atoms. The number of hydrogen-bond donors (Lipinski definition) is 1. The van der Waals surface area contributed by atoms with Crippen molar-refractivity contribution in [2.75, 3.05) is 26.7 Å². The highest BCUT2D eigenvalue weighted by Crippen LogP contribution is 2.46. The van der Waals surface area contributed by atoms with E-state index in [2.05, 4.69) is 6.92 Å². The molecule has 1 heterocycles. The molecule has 4 heteroatoms. The van der Waals surface area contributed by atoms with Gasteiger partial charge in [0.25, 0.3) is 0 Å². The van der Waals surface area contributed by atoms with Crippen molar-refractivity contribution in [2.45, 2.75) is 38.0 Å². The van der Waals surface area contributed by atoms with E-state index in [1.54, 1.807) is 7.11 Å². The van der Waals surface area contributed by atoms with Gasteiger partial charge in [-0.05, 0) is 48.9 Å². The molecule has 4 nitrogen and oxygen atoms in total. The molecule has 1 saturated carbocycles. The van der Waals surface area contributed by atoms with Gasteiger partial charge in [0.05, 0.1) is 12.5 Å². The summed E-state index contributed by atoms with van der Waals surface area (Å²) in [5.41, 5.74) is 6.78. The van der Waals surface area contributed by atoms with Crippen LogP contribution in [0.15, 0.2) is 24.3 Å². The predicted molar refractivity (Wildman–Crippen MR) is 86.9 cm³/mol. The average molecular weight is 302 g/mol. The minimum absolute atomic E-state index is 0.0838. The van der Waals surface area contributed by atoms with Gasteiger partial charge in [-0.1, -0.05) is 25.5 Å². The van der Waals surface area contributed by atoms with Crippen LogP contribution in [0.3, 0.4) is 0 Å². The van der Waals surface area contributed by atoms with Crippen molar-refractivity contribution < 1.29 is 9.53 Å². The van der Waals surface area contributed by atoms with Crippen molar-refractivity contribution in [1.29, 1.82) is 0 Å². The number of amides is 1. The first kappa shape index (κ1) is 15.3. The van der Waals surface area contributed by atoms with Crippen molar-refractivity contribution in [3.63, 3.8) is 0 Å². The summed E-state index contributed by atoms with van der Waals surface area (Å²) in [5, 5.41) is 0. The molecule has 2 aliphatic rings. The zero-order valence-electron chi connectivity index (χ0n) is 13.6. The van der Waals surface area contributed by atoms with E-state index >= 15 is 0 Å². The molecule has 0 aromatic heterocycles. The van der Waals surface area contributed by atoms with E-state index in [1.165, 1.54) is 0 Å². The third-order valence-electron chi connectivity index (χ3n) is 5.60. The predicted octanol–water partition coefficient (Wildman–Crippen LogP) is 2.31. The number of ether oxygens (including phenoxy) is 1. The Morgan fingerprint density at radius 1 is 1.27 bits per heavy atom. The van der Waals surface area contributed by atoms with Gasteiger partial charge >= 0.3 is 0 Å². The van der Waals surface area contributed by atoms with Crippen molar-refractivity contribution in [3.8, 4) is 5.75 Å². The average Bonchev–Trinajstić information content (AvgIpc) is 2.90. The molecule has 120 valence electrons. The monoisotopic (exact) mass is 302 g/mol. The maximum atomic E-state index is 13.2. The highest BCUT2D eigenvalue weighted by molar-refractivity contribution is 5.89. The third kappa shape index (κ3) is 2.39. The number of benzene rings is 1. The summed E-state index contributed by atoms with van der Waals surface area (Å²) in [4.78, 5) is 15.2. The zero-order chi connectivity index (χ0) is 15.8. The first-order chi connectivity index (χ1) is 10.5. The molecule has 1 saturated heterocycles. The molecule has 1 atom stereocenters. The number of hydrogen-bond acceptors (Lipinski definition) is 3. The van der Waals surface area contributed by atoms with Crippen LogP contribution in [0.2, 0.25) is 0 Å². The van der Waals surface area contributed by atoms with E-state index in [4.69, 9.17) is 10.5 Å². The van der Waals surface area contributed by atoms with E-state index in [-0.39, 0.29) is 10.8 Å². The van der Waals surface area contributed by atoms with Crippen LogP contribution < -0.4 is 10.5 Å². The lowest BCUT2D eigenvalue weighted by molar-refractivity contribution is -0.140. The molecule has 0 spiro atoms. The molecule has 1 aliphatic heterocycles. The summed E-state index contributed by atoms with van der Waals surface area (Å²) >= 11 is 0. The third-order valence-corrected chi connectivity index (χ3v) is 5.60. The van der Waals surface area contributed by atoms with Gasteiger partial charge in [0.15, 0.2) is 0 Å². The SMILES string of the molecule is COc1ccc(C2(C(=O)N3CCC(C)(CN)C3)CCC2)cc1. The Hall–Kier alpha value is -1.55. The number of carbonyl (C=O) groups is 1. The standard InChI is InChI=1S/C18H26N2O2/c1-17(12-19)10-11-20(13-17)16(21)18(8-3-9-18)14-4-6-15(22-2)7-5-14/h4-7H,3,8-13,19H2,1-2H3. The van der Waals surface area contributed by atoms with Gasteiger partial charge in [-0.25, -0.2) is 0 Å². The van der Waals surface area contributed by atoms with Gasteiger partial charge in [0.2, 0.25) is 5.91 Å². The first-order valence-electron chi connectivity index (χ1n) is 8.17. The molecule has 0 radical (unpaired) electrons. The maximum Gasteiger partial charge on any atom is 0.233 e. The van der Waals surface area contributed by atoms with Crippen LogP contribution in [0.5, 0.6) is 5.75 Å². The molecule has 1 aromatic carbocycles. The lowest BCUT2D eigenvalue weighted by Gasteiger charge is -2.43. The van der Waals surface area contributed by atoms with Crippen LogP contribution in [0.4, 0.5) is 0 Å². The lowest BCUT2D eigenvalue weighted by Crippen LogP contribution is -2.51. The summed E-state index contributed by atoms with van der Waals surface area (Å²) in [6, 6.07) is 8.01. The van der Waals surface area contributed by atoms with Crippen LogP contribution in [-0.2, 0) is 10.2 Å². The van der Waals surface area contributed by atoms with Gasteiger partial charge < -0.3 is 15.4 Å². The second-order valence-electron chi connectivity index (χ2n) is 7.16. The number of nitrogens with zero attached hydrogens (tertiary/aromatic N) is 1. The Morgan fingerprint density at radius 2 is 1.95 bits per heavy atom. The highest BCUT2D eigenvalue weighted by atomic mass is 16.5. The summed E-state index contributed by atoms with van der Waals surface area (Å²) in [5.74, 6) is 1.13. The van der Waals surface area contributed by atoms with Crippen LogP contribution in [0, 0.1) is 5.41 Å². The Morgan fingerprint density at radius 3 is 2.41 bits per heavy atom. The maximum absolute atomic E-state index is 13.2. The highest BCUT2D eigenvalue weighted by Gasteiger charge is 2.49. The smallest absolute Gasteiger partial charge is 0.233 e. The molecule has 1 aliphatic carbocycles. The fourth-order valence-corrected chi connectivity index (χ4v) is 3.73. The zero-order valence-corrected chi connectivity index (χ0v) is 13.6. The van der Waals surface area contributed by atoms with E-state index in [9.17, 15) is 4.79 Å². The van der Waals surface area contributed by atoms with Crippen molar-refractivity contribution in [3.05, 3.63) is 29.8 Å². The van der Waals surface area contributed by atoms with Gasteiger partial charge in [-0.2, -0.15) is 0 Å². The number of rotatable bonds is 4. The fraction of sp³-hybridized carbons (Fsp3) is 0.611. The van der Waals surface area contributed by atoms with Gasteiger partial charge in [0.1, 0.15) is 5.75 Å². The number of likely N-dealkylation sites (tertiary alicyclic amines) is 1. The molecular weight excluding hydrogens is 276 g/mol. The van der Waals surface area contributed by atoms with Crippen molar-refractivity contribution in [1.82, 2.24) is 4.90 Å². The second kappa shape index (κ2) is 5.58. The minimum atomic E-state index is -0.313. The van der Waals surface area contributed by atoms with Gasteiger partial charge in [-0.3, -0.25) is 4.79 Å². The quantitative estimate of drug-likeness (QED) is 0.928. The molecular formula is C18H26N2O2. The Kier molecular flexibility index (Phi) is 3.89. The second-order valence-corrected chi connectivity index (χ2v) is 7.16. The molecule has 2 N–H and O–H groups in total. The molecule has 3 rings (SSSR count). The van der Waals surface area contributed by atoms with Crippen LogP contribution in [0.1, 0.15) is 38.2 Å². The Labute approximate surface area is 132 Å². The molecule has 2 fully saturated rings. The van der Waals surface area contributed by atoms with E-state index in [0.717, 1.165) is 50.1 Å². The summed E-state index contributed by atoms with van der Waals surface area (Å²) < 4.78 is 5.23. The molecule has 1 unspecified atom stereocenters. The topological polar surface area (TPSA) is 55.6 Å². The molecule has 1 aromatic rings. The van der Waals surface area contributed by atoms with Gasteiger partial charge in [-0.15, -0.1) is 0 Å². The summed E-state index contributed by atoms with van der Waals surface area (Å²) in [7, 11) is 1.66. The van der Waals surface area contributed by atoms with E-state index in [0.29, 0.717) is 12.5 Å². The number of methoxy groups -OCH3 is 1. The van der Waals surface area contributed by atoms with Crippen LogP contribution in [-0.4, -0.2) is 37.6 Å². The number of nitrogens with two attached hydrogens (primary N) is 1. The Bertz CT molecular complexity index is 551. The van der Waals surface area contributed by atoms with Crippen LogP contribution >= 0.6 is 0 Å². The number of carbonyl (C=O) groups excluding carboxylic acids is 1. The Balaban J connectivity index is 1.82.